The van der Waals surface area contributed by atoms with E-state index >= 15 is 0 Å². The molecule has 4 rings (SSSR count). The standard InChI is InChI=1S/C21H22FN3O/c1-15(21(26)19-14-23-20-5-3-2-4-18(19)20)24-10-12-25(13-11-24)17-8-6-16(22)7-9-17/h2-9,14-15,23H,10-13H2,1H3/p+1/t15-/m1/s1. The van der Waals surface area contributed by atoms with Gasteiger partial charge in [0.15, 0.2) is 0 Å². The molecule has 2 heterocycles. The van der Waals surface area contributed by atoms with Gasteiger partial charge in [0.05, 0.1) is 26.2 Å². The van der Waals surface area contributed by atoms with E-state index in [1.54, 1.807) is 0 Å². The summed E-state index contributed by atoms with van der Waals surface area (Å²) >= 11 is 0. The van der Waals surface area contributed by atoms with Crippen molar-refractivity contribution in [3.63, 3.8) is 0 Å². The van der Waals surface area contributed by atoms with Crippen LogP contribution in [0.1, 0.15) is 17.3 Å². The first-order valence-electron chi connectivity index (χ1n) is 9.09. The normalized spacial score (nSPS) is 16.8. The summed E-state index contributed by atoms with van der Waals surface area (Å²) in [5.74, 6) is -0.0244. The summed E-state index contributed by atoms with van der Waals surface area (Å²) in [6.07, 6.45) is 1.83. The quantitative estimate of drug-likeness (QED) is 0.708. The molecule has 2 aromatic carbocycles. The second kappa shape index (κ2) is 6.92. The molecule has 0 spiro atoms. The van der Waals surface area contributed by atoms with Gasteiger partial charge in [-0.2, -0.15) is 0 Å². The maximum Gasteiger partial charge on any atom is 0.221 e. The fraction of sp³-hybridized carbons (Fsp3) is 0.286. The van der Waals surface area contributed by atoms with Crippen molar-refractivity contribution in [1.82, 2.24) is 4.98 Å². The first kappa shape index (κ1) is 16.8. The Labute approximate surface area is 152 Å². The number of nitrogens with zero attached hydrogens (tertiary/aromatic N) is 1. The number of para-hydroxylation sites is 1. The Kier molecular flexibility index (Phi) is 4.47. The van der Waals surface area contributed by atoms with Gasteiger partial charge in [0.2, 0.25) is 5.78 Å². The minimum atomic E-state index is -0.212. The summed E-state index contributed by atoms with van der Waals surface area (Å²) < 4.78 is 13.1. The van der Waals surface area contributed by atoms with Gasteiger partial charge in [0.1, 0.15) is 11.9 Å². The van der Waals surface area contributed by atoms with Crippen molar-refractivity contribution in [1.29, 1.82) is 0 Å². The first-order chi connectivity index (χ1) is 12.6. The Bertz CT molecular complexity index is 910. The third kappa shape index (κ3) is 3.10. The molecule has 5 heteroatoms. The van der Waals surface area contributed by atoms with Crippen LogP contribution in [0, 0.1) is 5.82 Å². The Morgan fingerprint density at radius 1 is 1.12 bits per heavy atom. The van der Waals surface area contributed by atoms with Crippen LogP contribution in [0.2, 0.25) is 0 Å². The number of fused-ring (bicyclic) bond motifs is 1. The molecular formula is C21H23FN3O+. The lowest BCUT2D eigenvalue weighted by Crippen LogP contribution is -3.18. The molecule has 0 unspecified atom stereocenters. The van der Waals surface area contributed by atoms with Gasteiger partial charge in [-0.25, -0.2) is 4.39 Å². The van der Waals surface area contributed by atoms with E-state index in [0.717, 1.165) is 48.3 Å². The van der Waals surface area contributed by atoms with Gasteiger partial charge in [-0.1, -0.05) is 18.2 Å². The van der Waals surface area contributed by atoms with Crippen molar-refractivity contribution >= 4 is 22.4 Å². The smallest absolute Gasteiger partial charge is 0.221 e. The van der Waals surface area contributed by atoms with E-state index in [-0.39, 0.29) is 17.6 Å². The van der Waals surface area contributed by atoms with E-state index in [1.807, 2.05) is 49.5 Å². The SMILES string of the molecule is C[C@H](C(=O)c1c[nH]c2ccccc12)[NH+]1CCN(c2ccc(F)cc2)CC1. The Balaban J connectivity index is 1.44. The predicted molar refractivity (Wildman–Crippen MR) is 101 cm³/mol. The fourth-order valence-electron chi connectivity index (χ4n) is 3.83. The lowest BCUT2D eigenvalue weighted by Gasteiger charge is -2.36. The van der Waals surface area contributed by atoms with Crippen LogP contribution < -0.4 is 9.80 Å². The number of benzene rings is 2. The number of ketones is 1. The molecule has 0 radical (unpaired) electrons. The Morgan fingerprint density at radius 3 is 2.54 bits per heavy atom. The van der Waals surface area contributed by atoms with E-state index in [4.69, 9.17) is 0 Å². The molecule has 1 atom stereocenters. The summed E-state index contributed by atoms with van der Waals surface area (Å²) in [6.45, 7) is 5.55. The van der Waals surface area contributed by atoms with Gasteiger partial charge < -0.3 is 14.8 Å². The van der Waals surface area contributed by atoms with E-state index in [9.17, 15) is 9.18 Å². The number of hydrogen-bond acceptors (Lipinski definition) is 2. The van der Waals surface area contributed by atoms with Crippen LogP contribution in [-0.2, 0) is 0 Å². The molecule has 1 aliphatic heterocycles. The summed E-state index contributed by atoms with van der Waals surface area (Å²) in [7, 11) is 0. The van der Waals surface area contributed by atoms with Crippen LogP contribution in [0.15, 0.2) is 54.7 Å². The molecule has 134 valence electrons. The topological polar surface area (TPSA) is 40.5 Å². The van der Waals surface area contributed by atoms with Crippen LogP contribution in [0.4, 0.5) is 10.1 Å². The number of nitrogens with one attached hydrogen (secondary N) is 2. The zero-order chi connectivity index (χ0) is 18.1. The monoisotopic (exact) mass is 352 g/mol. The fourth-order valence-corrected chi connectivity index (χ4v) is 3.83. The first-order valence-corrected chi connectivity index (χ1v) is 9.09. The summed E-state index contributed by atoms with van der Waals surface area (Å²) in [6, 6.07) is 14.5. The van der Waals surface area contributed by atoms with Crippen LogP contribution in [-0.4, -0.2) is 43.0 Å². The highest BCUT2D eigenvalue weighted by Crippen LogP contribution is 2.19. The molecule has 3 aromatic rings. The average molecular weight is 352 g/mol. The molecule has 0 aliphatic carbocycles. The van der Waals surface area contributed by atoms with Crippen molar-refractivity contribution in [2.24, 2.45) is 0 Å². The van der Waals surface area contributed by atoms with Crippen molar-refractivity contribution in [3.8, 4) is 0 Å². The molecule has 0 bridgehead atoms. The van der Waals surface area contributed by atoms with Crippen molar-refractivity contribution in [2.75, 3.05) is 31.1 Å². The lowest BCUT2D eigenvalue weighted by molar-refractivity contribution is -0.914. The van der Waals surface area contributed by atoms with E-state index < -0.39 is 0 Å². The molecule has 2 N–H and O–H groups in total. The number of H-pyrrole nitrogens is 1. The molecule has 1 saturated heterocycles. The minimum Gasteiger partial charge on any atom is -0.360 e. The largest absolute Gasteiger partial charge is 0.360 e. The Morgan fingerprint density at radius 2 is 1.81 bits per heavy atom. The molecule has 1 aliphatic rings. The summed E-state index contributed by atoms with van der Waals surface area (Å²) in [4.78, 5) is 19.8. The van der Waals surface area contributed by atoms with Crippen LogP contribution in [0.5, 0.6) is 0 Å². The third-order valence-corrected chi connectivity index (χ3v) is 5.46. The summed E-state index contributed by atoms with van der Waals surface area (Å²) in [5.41, 5.74) is 2.82. The van der Waals surface area contributed by atoms with Gasteiger partial charge in [-0.15, -0.1) is 0 Å². The van der Waals surface area contributed by atoms with Crippen molar-refractivity contribution in [3.05, 3.63) is 66.1 Å². The van der Waals surface area contributed by atoms with Crippen LogP contribution in [0.25, 0.3) is 10.9 Å². The van der Waals surface area contributed by atoms with Gasteiger partial charge in [-0.3, -0.25) is 4.79 Å². The zero-order valence-electron chi connectivity index (χ0n) is 14.8. The number of quaternary nitrogens is 1. The second-order valence-electron chi connectivity index (χ2n) is 6.96. The number of rotatable bonds is 4. The van der Waals surface area contributed by atoms with E-state index in [1.165, 1.54) is 17.0 Å². The predicted octanol–water partition coefficient (Wildman–Crippen LogP) is 2.28. The van der Waals surface area contributed by atoms with E-state index in [2.05, 4.69) is 9.88 Å². The molecule has 0 saturated carbocycles. The lowest BCUT2D eigenvalue weighted by atomic mass is 10.0. The number of Topliss-reactive ketones (excluding diaryl/α,β-unsaturated/α-hetero) is 1. The van der Waals surface area contributed by atoms with Gasteiger partial charge in [0, 0.05) is 28.4 Å². The summed E-state index contributed by atoms with van der Waals surface area (Å²) in [5, 5.41) is 0.994. The number of anilines is 1. The van der Waals surface area contributed by atoms with Gasteiger partial charge >= 0.3 is 0 Å². The van der Waals surface area contributed by atoms with Crippen molar-refractivity contribution in [2.45, 2.75) is 13.0 Å². The third-order valence-electron chi connectivity index (χ3n) is 5.46. The number of piperazine rings is 1. The number of aromatic nitrogens is 1. The van der Waals surface area contributed by atoms with Gasteiger partial charge in [0.25, 0.3) is 0 Å². The number of carbonyl (C=O) groups is 1. The Hall–Kier alpha value is -2.66. The number of hydrogen-bond donors (Lipinski definition) is 2. The number of carbonyl (C=O) groups excluding carboxylic acids is 1. The average Bonchev–Trinajstić information content (AvgIpc) is 3.12. The van der Waals surface area contributed by atoms with Crippen LogP contribution >= 0.6 is 0 Å². The van der Waals surface area contributed by atoms with E-state index in [0.29, 0.717) is 0 Å². The molecule has 1 aromatic heterocycles. The molecule has 0 amide bonds. The minimum absolute atomic E-state index is 0.0791. The second-order valence-corrected chi connectivity index (χ2v) is 6.96. The highest BCUT2D eigenvalue weighted by Gasteiger charge is 2.31. The number of aromatic amines is 1. The zero-order valence-corrected chi connectivity index (χ0v) is 14.8. The van der Waals surface area contributed by atoms with Crippen molar-refractivity contribution < 1.29 is 14.1 Å². The van der Waals surface area contributed by atoms with Crippen LogP contribution in [0.3, 0.4) is 0 Å². The maximum absolute atomic E-state index is 13.1. The molecular weight excluding hydrogens is 329 g/mol. The highest BCUT2D eigenvalue weighted by molar-refractivity contribution is 6.09. The maximum atomic E-state index is 13.1. The van der Waals surface area contributed by atoms with Gasteiger partial charge in [-0.05, 0) is 37.3 Å². The molecule has 26 heavy (non-hydrogen) atoms. The number of halogens is 1. The molecule has 4 nitrogen and oxygen atoms in total. The highest BCUT2D eigenvalue weighted by atomic mass is 19.1. The molecule has 1 fully saturated rings.